The van der Waals surface area contributed by atoms with Crippen molar-refractivity contribution in [1.82, 2.24) is 9.88 Å². The van der Waals surface area contributed by atoms with E-state index in [-0.39, 0.29) is 0 Å². The van der Waals surface area contributed by atoms with Crippen LogP contribution in [0.25, 0.3) is 0 Å². The average molecular weight is 291 g/mol. The molecule has 1 aromatic heterocycles. The van der Waals surface area contributed by atoms with Crippen LogP contribution in [0.2, 0.25) is 0 Å². The van der Waals surface area contributed by atoms with Gasteiger partial charge in [0.15, 0.2) is 0 Å². The summed E-state index contributed by atoms with van der Waals surface area (Å²) in [6, 6.07) is 0. The summed E-state index contributed by atoms with van der Waals surface area (Å²) in [5.41, 5.74) is 3.09. The van der Waals surface area contributed by atoms with Crippen LogP contribution in [0.1, 0.15) is 25.5 Å². The van der Waals surface area contributed by atoms with Crippen molar-refractivity contribution in [3.05, 3.63) is 16.6 Å². The Morgan fingerprint density at radius 2 is 2.33 bits per heavy atom. The maximum Gasteiger partial charge on any atom is 0.0795 e. The fourth-order valence-electron chi connectivity index (χ4n) is 1.44. The summed E-state index contributed by atoms with van der Waals surface area (Å²) >= 11 is 5.15. The molecule has 15 heavy (non-hydrogen) atoms. The van der Waals surface area contributed by atoms with Crippen molar-refractivity contribution in [3.63, 3.8) is 0 Å². The Bertz CT molecular complexity index is 251. The Kier molecular flexibility index (Phi) is 6.45. The van der Waals surface area contributed by atoms with Gasteiger partial charge in [-0.05, 0) is 32.4 Å². The van der Waals surface area contributed by atoms with E-state index in [1.54, 1.807) is 11.3 Å². The fraction of sp³-hybridized carbons (Fsp3) is 0.727. The molecule has 1 unspecified atom stereocenters. The van der Waals surface area contributed by atoms with Crippen molar-refractivity contribution < 1.29 is 0 Å². The van der Waals surface area contributed by atoms with E-state index in [9.17, 15) is 0 Å². The molecule has 0 aromatic carbocycles. The molecule has 1 aromatic rings. The van der Waals surface area contributed by atoms with Gasteiger partial charge in [0.25, 0.3) is 0 Å². The van der Waals surface area contributed by atoms with E-state index < -0.39 is 0 Å². The molecule has 0 spiro atoms. The van der Waals surface area contributed by atoms with Gasteiger partial charge in [-0.15, -0.1) is 11.3 Å². The van der Waals surface area contributed by atoms with E-state index in [0.29, 0.717) is 0 Å². The maximum atomic E-state index is 4.29. The number of alkyl halides is 1. The minimum absolute atomic E-state index is 0.808. The summed E-state index contributed by atoms with van der Waals surface area (Å²) < 4.78 is 0. The Balaban J connectivity index is 2.16. The fourth-order valence-corrected chi connectivity index (χ4v) is 2.77. The lowest BCUT2D eigenvalue weighted by Crippen LogP contribution is -2.21. The molecule has 0 amide bonds. The highest BCUT2D eigenvalue weighted by Gasteiger charge is 2.05. The summed E-state index contributed by atoms with van der Waals surface area (Å²) in [5.74, 6) is 0.808. The monoisotopic (exact) mass is 290 g/mol. The molecular weight excluding hydrogens is 272 g/mol. The first-order valence-electron chi connectivity index (χ1n) is 5.34. The quantitative estimate of drug-likeness (QED) is 0.716. The van der Waals surface area contributed by atoms with Crippen molar-refractivity contribution in [2.75, 3.05) is 18.9 Å². The first-order valence-corrected chi connectivity index (χ1v) is 7.40. The third-order valence-electron chi connectivity index (χ3n) is 2.52. The number of halogens is 1. The van der Waals surface area contributed by atoms with Crippen LogP contribution in [0.15, 0.2) is 10.9 Å². The predicted octanol–water partition coefficient (Wildman–Crippen LogP) is 3.39. The van der Waals surface area contributed by atoms with Gasteiger partial charge in [-0.3, -0.25) is 0 Å². The molecule has 4 heteroatoms. The zero-order chi connectivity index (χ0) is 11.1. The molecule has 0 saturated heterocycles. The van der Waals surface area contributed by atoms with Gasteiger partial charge in [-0.25, -0.2) is 4.98 Å². The highest BCUT2D eigenvalue weighted by atomic mass is 79.9. The van der Waals surface area contributed by atoms with Gasteiger partial charge in [0, 0.05) is 17.3 Å². The number of hydrogen-bond donors (Lipinski definition) is 0. The number of hydrogen-bond acceptors (Lipinski definition) is 3. The van der Waals surface area contributed by atoms with Gasteiger partial charge in [-0.1, -0.05) is 22.9 Å². The van der Waals surface area contributed by atoms with E-state index >= 15 is 0 Å². The molecule has 0 aliphatic rings. The first-order chi connectivity index (χ1) is 7.22. The number of aromatic nitrogens is 1. The Morgan fingerprint density at radius 1 is 1.53 bits per heavy atom. The lowest BCUT2D eigenvalue weighted by atomic mass is 10.1. The molecule has 1 atom stereocenters. The standard InChI is InChI=1S/C11H19BrN2S/c1-10(3-5-12)4-6-14(2)7-11-8-15-9-13-11/h8-10H,3-7H2,1-2H3. The second kappa shape index (κ2) is 7.36. The Hall–Kier alpha value is 0.0700. The lowest BCUT2D eigenvalue weighted by Gasteiger charge is -2.17. The molecule has 2 nitrogen and oxygen atoms in total. The molecule has 1 heterocycles. The Labute approximate surface area is 105 Å². The van der Waals surface area contributed by atoms with Crippen molar-refractivity contribution >= 4 is 27.3 Å². The third-order valence-corrected chi connectivity index (χ3v) is 3.61. The van der Waals surface area contributed by atoms with E-state index in [1.165, 1.54) is 18.5 Å². The van der Waals surface area contributed by atoms with E-state index in [0.717, 1.165) is 24.3 Å². The van der Waals surface area contributed by atoms with E-state index in [2.05, 4.69) is 45.2 Å². The van der Waals surface area contributed by atoms with Crippen molar-refractivity contribution in [2.45, 2.75) is 26.3 Å². The van der Waals surface area contributed by atoms with E-state index in [1.807, 2.05) is 5.51 Å². The summed E-state index contributed by atoms with van der Waals surface area (Å²) in [5, 5.41) is 3.24. The first kappa shape index (κ1) is 13.1. The maximum absolute atomic E-state index is 4.29. The molecule has 86 valence electrons. The highest BCUT2D eigenvalue weighted by Crippen LogP contribution is 2.11. The molecule has 0 fully saturated rings. The molecule has 1 rings (SSSR count). The van der Waals surface area contributed by atoms with Crippen LogP contribution in [0.4, 0.5) is 0 Å². The predicted molar refractivity (Wildman–Crippen MR) is 70.6 cm³/mol. The smallest absolute Gasteiger partial charge is 0.0795 e. The minimum Gasteiger partial charge on any atom is -0.301 e. The van der Waals surface area contributed by atoms with Crippen LogP contribution in [0.3, 0.4) is 0 Å². The van der Waals surface area contributed by atoms with Gasteiger partial charge in [-0.2, -0.15) is 0 Å². The van der Waals surface area contributed by atoms with Crippen molar-refractivity contribution in [3.8, 4) is 0 Å². The summed E-state index contributed by atoms with van der Waals surface area (Å²) in [7, 11) is 2.17. The van der Waals surface area contributed by atoms with Crippen LogP contribution >= 0.6 is 27.3 Å². The number of nitrogens with zero attached hydrogens (tertiary/aromatic N) is 2. The third kappa shape index (κ3) is 5.64. The molecule has 0 saturated carbocycles. The number of rotatable bonds is 7. The van der Waals surface area contributed by atoms with Crippen molar-refractivity contribution in [1.29, 1.82) is 0 Å². The van der Waals surface area contributed by atoms with Crippen LogP contribution in [-0.4, -0.2) is 28.8 Å². The topological polar surface area (TPSA) is 16.1 Å². The summed E-state index contributed by atoms with van der Waals surface area (Å²) in [4.78, 5) is 6.64. The largest absolute Gasteiger partial charge is 0.301 e. The summed E-state index contributed by atoms with van der Waals surface area (Å²) in [6.07, 6.45) is 2.54. The highest BCUT2D eigenvalue weighted by molar-refractivity contribution is 9.09. The molecule has 0 aliphatic heterocycles. The zero-order valence-electron chi connectivity index (χ0n) is 9.45. The van der Waals surface area contributed by atoms with Crippen molar-refractivity contribution in [2.24, 2.45) is 5.92 Å². The molecule has 0 aliphatic carbocycles. The second-order valence-electron chi connectivity index (χ2n) is 4.09. The SMILES string of the molecule is CC(CCBr)CCN(C)Cc1cscn1. The molecule has 0 N–H and O–H groups in total. The zero-order valence-corrected chi connectivity index (χ0v) is 11.9. The van der Waals surface area contributed by atoms with Crippen LogP contribution in [0.5, 0.6) is 0 Å². The molecular formula is C11H19BrN2S. The van der Waals surface area contributed by atoms with Gasteiger partial charge in [0.1, 0.15) is 0 Å². The normalized spacial score (nSPS) is 13.3. The Morgan fingerprint density at radius 3 is 2.93 bits per heavy atom. The lowest BCUT2D eigenvalue weighted by molar-refractivity contribution is 0.294. The minimum atomic E-state index is 0.808. The van der Waals surface area contributed by atoms with Crippen LogP contribution in [0, 0.1) is 5.92 Å². The van der Waals surface area contributed by atoms with E-state index in [4.69, 9.17) is 0 Å². The second-order valence-corrected chi connectivity index (χ2v) is 5.60. The van der Waals surface area contributed by atoms with Gasteiger partial charge < -0.3 is 4.90 Å². The van der Waals surface area contributed by atoms with Gasteiger partial charge >= 0.3 is 0 Å². The van der Waals surface area contributed by atoms with Gasteiger partial charge in [0.05, 0.1) is 11.2 Å². The molecule has 0 radical (unpaired) electrons. The van der Waals surface area contributed by atoms with Gasteiger partial charge in [0.2, 0.25) is 0 Å². The average Bonchev–Trinajstić information content (AvgIpc) is 2.68. The summed E-state index contributed by atoms with van der Waals surface area (Å²) in [6.45, 7) is 4.45. The van der Waals surface area contributed by atoms with Crippen LogP contribution < -0.4 is 0 Å². The van der Waals surface area contributed by atoms with Crippen LogP contribution in [-0.2, 0) is 6.54 Å². The molecule has 0 bridgehead atoms. The number of thiazole rings is 1.